The third-order valence-corrected chi connectivity index (χ3v) is 7.27. The van der Waals surface area contributed by atoms with Gasteiger partial charge in [0.1, 0.15) is 17.6 Å². The van der Waals surface area contributed by atoms with E-state index in [0.717, 1.165) is 21.3 Å². The number of aliphatic hydroxyl groups is 1. The molecule has 1 saturated heterocycles. The van der Waals surface area contributed by atoms with Gasteiger partial charge < -0.3 is 9.84 Å². The Morgan fingerprint density at radius 1 is 1.09 bits per heavy atom. The lowest BCUT2D eigenvalue weighted by Crippen LogP contribution is -2.29. The fraction of sp³-hybridized carbons (Fsp3) is 0.148. The maximum absolute atomic E-state index is 13.5. The van der Waals surface area contributed by atoms with Crippen LogP contribution in [-0.4, -0.2) is 28.9 Å². The first kappa shape index (κ1) is 23.1. The van der Waals surface area contributed by atoms with Gasteiger partial charge in [-0.05, 0) is 61.4 Å². The number of carbonyl (C=O) groups excluding carboxylic acids is 2. The van der Waals surface area contributed by atoms with E-state index in [1.807, 2.05) is 26.0 Å². The molecule has 176 valence electrons. The molecule has 0 saturated carbocycles. The summed E-state index contributed by atoms with van der Waals surface area (Å²) in [5.41, 5.74) is 3.74. The van der Waals surface area contributed by atoms with Crippen LogP contribution in [-0.2, 0) is 9.59 Å². The van der Waals surface area contributed by atoms with Crippen molar-refractivity contribution in [3.63, 3.8) is 0 Å². The Balaban J connectivity index is 1.77. The van der Waals surface area contributed by atoms with Crippen LogP contribution in [0.5, 0.6) is 5.75 Å². The van der Waals surface area contributed by atoms with Crippen molar-refractivity contribution in [1.82, 2.24) is 4.98 Å². The summed E-state index contributed by atoms with van der Waals surface area (Å²) in [5.74, 6) is -1.35. The second kappa shape index (κ2) is 8.83. The number of thiazole rings is 1. The number of halogens is 1. The average molecular weight is 505 g/mol. The lowest BCUT2D eigenvalue weighted by molar-refractivity contribution is -0.132. The molecule has 3 aromatic carbocycles. The van der Waals surface area contributed by atoms with Gasteiger partial charge in [0, 0.05) is 16.1 Å². The molecule has 1 aliphatic heterocycles. The molecule has 1 unspecified atom stereocenters. The summed E-state index contributed by atoms with van der Waals surface area (Å²) in [6.45, 7) is 3.96. The maximum Gasteiger partial charge on any atom is 0.301 e. The number of ether oxygens (including phenoxy) is 1. The molecule has 35 heavy (non-hydrogen) atoms. The van der Waals surface area contributed by atoms with Gasteiger partial charge in [-0.2, -0.15) is 0 Å². The Morgan fingerprint density at radius 2 is 1.80 bits per heavy atom. The van der Waals surface area contributed by atoms with Crippen molar-refractivity contribution in [3.8, 4) is 5.75 Å². The van der Waals surface area contributed by atoms with Crippen LogP contribution in [0.3, 0.4) is 0 Å². The number of carbonyl (C=O) groups is 2. The number of hydrogen-bond acceptors (Lipinski definition) is 6. The van der Waals surface area contributed by atoms with Gasteiger partial charge in [-0.25, -0.2) is 4.98 Å². The number of ketones is 1. The molecule has 8 heteroatoms. The topological polar surface area (TPSA) is 79.7 Å². The maximum atomic E-state index is 13.5. The van der Waals surface area contributed by atoms with E-state index in [1.54, 1.807) is 48.5 Å². The van der Waals surface area contributed by atoms with E-state index < -0.39 is 17.7 Å². The Bertz CT molecular complexity index is 1520. The first-order valence-electron chi connectivity index (χ1n) is 10.9. The fourth-order valence-electron chi connectivity index (χ4n) is 4.44. The zero-order chi connectivity index (χ0) is 24.9. The van der Waals surface area contributed by atoms with Crippen molar-refractivity contribution in [2.45, 2.75) is 19.9 Å². The van der Waals surface area contributed by atoms with Gasteiger partial charge in [-0.1, -0.05) is 47.2 Å². The average Bonchev–Trinajstić information content (AvgIpc) is 3.37. The van der Waals surface area contributed by atoms with E-state index in [9.17, 15) is 14.7 Å². The van der Waals surface area contributed by atoms with Gasteiger partial charge in [0.25, 0.3) is 5.78 Å². The molecule has 1 N–H and O–H groups in total. The second-order valence-electron chi connectivity index (χ2n) is 8.34. The lowest BCUT2D eigenvalue weighted by Gasteiger charge is -2.24. The number of para-hydroxylation sites is 1. The number of aryl methyl sites for hydroxylation is 2. The first-order chi connectivity index (χ1) is 16.8. The molecule has 1 atom stereocenters. The van der Waals surface area contributed by atoms with E-state index in [0.29, 0.717) is 27.0 Å². The predicted octanol–water partition coefficient (Wildman–Crippen LogP) is 6.20. The summed E-state index contributed by atoms with van der Waals surface area (Å²) in [6, 6.07) is 16.7. The zero-order valence-electron chi connectivity index (χ0n) is 19.2. The second-order valence-corrected chi connectivity index (χ2v) is 9.79. The van der Waals surface area contributed by atoms with E-state index in [1.165, 1.54) is 23.3 Å². The summed E-state index contributed by atoms with van der Waals surface area (Å²) in [6.07, 6.45) is 0. The number of nitrogens with zero attached hydrogens (tertiary/aromatic N) is 2. The zero-order valence-corrected chi connectivity index (χ0v) is 20.8. The number of anilines is 1. The van der Waals surface area contributed by atoms with Crippen molar-refractivity contribution >= 4 is 55.7 Å². The summed E-state index contributed by atoms with van der Waals surface area (Å²) in [4.78, 5) is 32.9. The number of Topliss-reactive ketones (excluding diaryl/α,β-unsaturated/α-hetero) is 1. The van der Waals surface area contributed by atoms with Crippen LogP contribution in [0.2, 0.25) is 5.02 Å². The van der Waals surface area contributed by atoms with Gasteiger partial charge in [-0.15, -0.1) is 0 Å². The van der Waals surface area contributed by atoms with Crippen LogP contribution in [0, 0.1) is 13.8 Å². The highest BCUT2D eigenvalue weighted by Gasteiger charge is 2.49. The van der Waals surface area contributed by atoms with Crippen LogP contribution in [0.15, 0.2) is 66.2 Å². The summed E-state index contributed by atoms with van der Waals surface area (Å²) < 4.78 is 6.48. The Hall–Kier alpha value is -3.68. The van der Waals surface area contributed by atoms with Gasteiger partial charge in [0.2, 0.25) is 0 Å². The minimum absolute atomic E-state index is 0.0334. The largest absolute Gasteiger partial charge is 0.507 e. The number of benzene rings is 3. The van der Waals surface area contributed by atoms with Crippen LogP contribution in [0.4, 0.5) is 5.13 Å². The van der Waals surface area contributed by atoms with Gasteiger partial charge in [-0.3, -0.25) is 14.5 Å². The lowest BCUT2D eigenvalue weighted by atomic mass is 9.95. The Labute approximate surface area is 211 Å². The minimum Gasteiger partial charge on any atom is -0.507 e. The molecule has 0 bridgehead atoms. The number of fused-ring (bicyclic) bond motifs is 1. The number of methoxy groups -OCH3 is 1. The van der Waals surface area contributed by atoms with E-state index in [4.69, 9.17) is 21.3 Å². The molecule has 1 fully saturated rings. The van der Waals surface area contributed by atoms with Gasteiger partial charge in [0.15, 0.2) is 5.13 Å². The molecule has 0 aliphatic carbocycles. The molecule has 5 rings (SSSR count). The van der Waals surface area contributed by atoms with Crippen molar-refractivity contribution in [3.05, 3.63) is 93.5 Å². The standard InChI is InChI=1S/C27H21ClN2O4S/c1-14-12-15(2)22-20(13-14)35-27(29-22)30-23(18-6-4-5-7-19(18)34-3)21(25(32)26(30)33)24(31)16-8-10-17(28)11-9-16/h4-13,23,31H,1-3H3. The van der Waals surface area contributed by atoms with Crippen molar-refractivity contribution in [2.24, 2.45) is 0 Å². The van der Waals surface area contributed by atoms with Crippen LogP contribution in [0.25, 0.3) is 16.0 Å². The minimum atomic E-state index is -0.927. The molecule has 6 nitrogen and oxygen atoms in total. The molecule has 0 radical (unpaired) electrons. The molecular weight excluding hydrogens is 484 g/mol. The highest BCUT2D eigenvalue weighted by molar-refractivity contribution is 7.22. The predicted molar refractivity (Wildman–Crippen MR) is 138 cm³/mol. The molecule has 1 amide bonds. The SMILES string of the molecule is COc1ccccc1C1C(=C(O)c2ccc(Cl)cc2)C(=O)C(=O)N1c1nc2c(C)cc(C)cc2s1. The van der Waals surface area contributed by atoms with Crippen molar-refractivity contribution in [1.29, 1.82) is 0 Å². The number of hydrogen-bond donors (Lipinski definition) is 1. The third kappa shape index (κ3) is 3.87. The van der Waals surface area contributed by atoms with Gasteiger partial charge in [0.05, 0.1) is 22.9 Å². The highest BCUT2D eigenvalue weighted by Crippen LogP contribution is 2.46. The molecular formula is C27H21ClN2O4S. The number of amides is 1. The quantitative estimate of drug-likeness (QED) is 0.203. The summed E-state index contributed by atoms with van der Waals surface area (Å²) in [5, 5.41) is 12.1. The summed E-state index contributed by atoms with van der Waals surface area (Å²) in [7, 11) is 1.52. The molecule has 0 spiro atoms. The number of rotatable bonds is 4. The smallest absolute Gasteiger partial charge is 0.301 e. The molecule has 4 aromatic rings. The fourth-order valence-corrected chi connectivity index (χ4v) is 5.74. The van der Waals surface area contributed by atoms with Crippen molar-refractivity contribution in [2.75, 3.05) is 12.0 Å². The van der Waals surface area contributed by atoms with Gasteiger partial charge >= 0.3 is 5.91 Å². The first-order valence-corrected chi connectivity index (χ1v) is 12.1. The third-order valence-electron chi connectivity index (χ3n) is 6.02. The van der Waals surface area contributed by atoms with Crippen LogP contribution < -0.4 is 9.64 Å². The van der Waals surface area contributed by atoms with E-state index >= 15 is 0 Å². The van der Waals surface area contributed by atoms with Crippen molar-refractivity contribution < 1.29 is 19.4 Å². The molecule has 2 heterocycles. The number of aliphatic hydroxyl groups excluding tert-OH is 1. The molecule has 1 aromatic heterocycles. The normalized spacial score (nSPS) is 17.4. The molecule has 1 aliphatic rings. The van der Waals surface area contributed by atoms with E-state index in [-0.39, 0.29) is 11.3 Å². The highest BCUT2D eigenvalue weighted by atomic mass is 35.5. The summed E-state index contributed by atoms with van der Waals surface area (Å²) >= 11 is 7.34. The Kier molecular flexibility index (Phi) is 5.83. The van der Waals surface area contributed by atoms with Crippen LogP contribution in [0.1, 0.15) is 28.3 Å². The van der Waals surface area contributed by atoms with E-state index in [2.05, 4.69) is 0 Å². The monoisotopic (exact) mass is 504 g/mol. The Morgan fingerprint density at radius 3 is 2.51 bits per heavy atom. The number of aromatic nitrogens is 1. The van der Waals surface area contributed by atoms with Crippen LogP contribution >= 0.6 is 22.9 Å².